The number of para-hydroxylation sites is 1. The number of methoxy groups -OCH3 is 1. The van der Waals surface area contributed by atoms with Crippen LogP contribution >= 0.6 is 0 Å². The second-order valence-corrected chi connectivity index (χ2v) is 4.48. The maximum Gasteiger partial charge on any atom is 0.362 e. The third-order valence-corrected chi connectivity index (χ3v) is 2.93. The molecule has 1 aromatic heterocycles. The number of pyridine rings is 1. The number of carboxylic acids is 1. The summed E-state index contributed by atoms with van der Waals surface area (Å²) in [4.78, 5) is 27.7. The Hall–Kier alpha value is -2.99. The van der Waals surface area contributed by atoms with E-state index in [2.05, 4.69) is 4.98 Å². The zero-order valence-corrected chi connectivity index (χ0v) is 12.4. The lowest BCUT2D eigenvalue weighted by atomic mass is 10.0. The summed E-state index contributed by atoms with van der Waals surface area (Å²) in [5, 5.41) is 9.35. The predicted molar refractivity (Wildman–Crippen MR) is 83.1 cm³/mol. The van der Waals surface area contributed by atoms with Gasteiger partial charge < -0.3 is 14.6 Å². The zero-order valence-electron chi connectivity index (χ0n) is 12.4. The van der Waals surface area contributed by atoms with Crippen LogP contribution in [0.25, 0.3) is 5.57 Å². The first kappa shape index (κ1) is 16.4. The standard InChI is InChI=1S/C17H15NO5/c1-22-11-9-14(16(19)20)13-8-5-10-18-15(13)17(21)23-12-6-3-2-4-7-12/h2-10H,11H2,1H3,(H,19,20). The molecule has 0 radical (unpaired) electrons. The fourth-order valence-corrected chi connectivity index (χ4v) is 1.91. The van der Waals surface area contributed by atoms with Crippen molar-refractivity contribution < 1.29 is 24.2 Å². The van der Waals surface area contributed by atoms with Crippen LogP contribution in [-0.2, 0) is 9.53 Å². The molecule has 0 fully saturated rings. The van der Waals surface area contributed by atoms with Gasteiger partial charge in [-0.05, 0) is 24.3 Å². The fraction of sp³-hybridized carbons (Fsp3) is 0.118. The first-order chi connectivity index (χ1) is 11.1. The number of carbonyl (C=O) groups is 2. The van der Waals surface area contributed by atoms with Crippen LogP contribution in [0.3, 0.4) is 0 Å². The molecule has 6 heteroatoms. The monoisotopic (exact) mass is 313 g/mol. The topological polar surface area (TPSA) is 85.7 Å². The number of aromatic nitrogens is 1. The Bertz CT molecular complexity index is 725. The highest BCUT2D eigenvalue weighted by Crippen LogP contribution is 2.20. The molecule has 0 aliphatic carbocycles. The van der Waals surface area contributed by atoms with Crippen molar-refractivity contribution in [2.24, 2.45) is 0 Å². The van der Waals surface area contributed by atoms with Gasteiger partial charge in [0.05, 0.1) is 12.2 Å². The first-order valence-corrected chi connectivity index (χ1v) is 6.78. The third-order valence-electron chi connectivity index (χ3n) is 2.93. The molecule has 0 unspecified atom stereocenters. The quantitative estimate of drug-likeness (QED) is 0.501. The molecule has 0 spiro atoms. The average Bonchev–Trinajstić information content (AvgIpc) is 2.56. The van der Waals surface area contributed by atoms with E-state index in [9.17, 15) is 14.7 Å². The first-order valence-electron chi connectivity index (χ1n) is 6.78. The van der Waals surface area contributed by atoms with E-state index < -0.39 is 11.9 Å². The van der Waals surface area contributed by atoms with Crippen molar-refractivity contribution >= 4 is 17.5 Å². The molecule has 2 rings (SSSR count). The van der Waals surface area contributed by atoms with Crippen molar-refractivity contribution in [2.45, 2.75) is 0 Å². The molecule has 6 nitrogen and oxygen atoms in total. The largest absolute Gasteiger partial charge is 0.478 e. The Balaban J connectivity index is 2.36. The summed E-state index contributed by atoms with van der Waals surface area (Å²) in [6, 6.07) is 11.5. The van der Waals surface area contributed by atoms with Crippen LogP contribution in [0, 0.1) is 0 Å². The lowest BCUT2D eigenvalue weighted by Crippen LogP contribution is -2.15. The van der Waals surface area contributed by atoms with Gasteiger partial charge in [0.1, 0.15) is 5.75 Å². The van der Waals surface area contributed by atoms with Crippen molar-refractivity contribution in [2.75, 3.05) is 13.7 Å². The third kappa shape index (κ3) is 4.24. The maximum atomic E-state index is 12.3. The Morgan fingerprint density at radius 1 is 1.17 bits per heavy atom. The molecule has 0 saturated carbocycles. The van der Waals surface area contributed by atoms with Crippen LogP contribution in [0.1, 0.15) is 16.1 Å². The van der Waals surface area contributed by atoms with Gasteiger partial charge in [-0.1, -0.05) is 24.3 Å². The Morgan fingerprint density at radius 2 is 1.91 bits per heavy atom. The number of benzene rings is 1. The number of nitrogens with zero attached hydrogens (tertiary/aromatic N) is 1. The molecule has 1 aromatic carbocycles. The van der Waals surface area contributed by atoms with Gasteiger partial charge in [0, 0.05) is 18.9 Å². The van der Waals surface area contributed by atoms with Crippen molar-refractivity contribution in [3.63, 3.8) is 0 Å². The molecule has 118 valence electrons. The van der Waals surface area contributed by atoms with Crippen molar-refractivity contribution in [3.8, 4) is 5.75 Å². The van der Waals surface area contributed by atoms with Gasteiger partial charge >= 0.3 is 11.9 Å². The molecule has 0 saturated heterocycles. The number of carboxylic acid groups (broad SMARTS) is 1. The fourth-order valence-electron chi connectivity index (χ4n) is 1.91. The molecule has 1 N–H and O–H groups in total. The number of ether oxygens (including phenoxy) is 2. The minimum Gasteiger partial charge on any atom is -0.478 e. The lowest BCUT2D eigenvalue weighted by molar-refractivity contribution is -0.130. The van der Waals surface area contributed by atoms with E-state index in [4.69, 9.17) is 9.47 Å². The minimum absolute atomic E-state index is 0.0684. The van der Waals surface area contributed by atoms with E-state index in [0.29, 0.717) is 5.75 Å². The number of aliphatic carboxylic acids is 1. The SMILES string of the molecule is COCC=C(C(=O)O)c1cccnc1C(=O)Oc1ccccc1. The summed E-state index contributed by atoms with van der Waals surface area (Å²) < 4.78 is 10.1. The highest BCUT2D eigenvalue weighted by molar-refractivity contribution is 6.17. The summed E-state index contributed by atoms with van der Waals surface area (Å²) >= 11 is 0. The van der Waals surface area contributed by atoms with Crippen LogP contribution in [0.15, 0.2) is 54.7 Å². The summed E-state index contributed by atoms with van der Waals surface area (Å²) in [6.45, 7) is 0.101. The van der Waals surface area contributed by atoms with Gasteiger partial charge in [-0.25, -0.2) is 14.6 Å². The molecule has 2 aromatic rings. The molecule has 0 aliphatic rings. The van der Waals surface area contributed by atoms with Crippen LogP contribution < -0.4 is 4.74 Å². The maximum absolute atomic E-state index is 12.3. The highest BCUT2D eigenvalue weighted by atomic mass is 16.5. The number of hydrogen-bond donors (Lipinski definition) is 1. The van der Waals surface area contributed by atoms with Crippen LogP contribution in [-0.4, -0.2) is 35.7 Å². The normalized spacial score (nSPS) is 11.1. The van der Waals surface area contributed by atoms with Gasteiger partial charge in [-0.3, -0.25) is 0 Å². The van der Waals surface area contributed by atoms with Crippen molar-refractivity contribution in [1.82, 2.24) is 4.98 Å². The Kier molecular flexibility index (Phi) is 5.60. The van der Waals surface area contributed by atoms with Gasteiger partial charge in [0.25, 0.3) is 0 Å². The summed E-state index contributed by atoms with van der Waals surface area (Å²) in [6.07, 6.45) is 2.78. The second-order valence-electron chi connectivity index (χ2n) is 4.48. The number of esters is 1. The van der Waals surface area contributed by atoms with Crippen molar-refractivity contribution in [1.29, 1.82) is 0 Å². The lowest BCUT2D eigenvalue weighted by Gasteiger charge is -2.09. The second kappa shape index (κ2) is 7.86. The number of hydrogen-bond acceptors (Lipinski definition) is 5. The predicted octanol–water partition coefficient (Wildman–Crippen LogP) is 2.42. The molecule has 23 heavy (non-hydrogen) atoms. The van der Waals surface area contributed by atoms with Crippen LogP contribution in [0.2, 0.25) is 0 Å². The van der Waals surface area contributed by atoms with E-state index in [1.54, 1.807) is 36.4 Å². The molecule has 1 heterocycles. The van der Waals surface area contributed by atoms with Gasteiger partial charge in [0.15, 0.2) is 5.69 Å². The van der Waals surface area contributed by atoms with E-state index >= 15 is 0 Å². The molecular weight excluding hydrogens is 298 g/mol. The Morgan fingerprint density at radius 3 is 2.57 bits per heavy atom. The number of carbonyl (C=O) groups excluding carboxylic acids is 1. The van der Waals surface area contributed by atoms with Crippen LogP contribution in [0.5, 0.6) is 5.75 Å². The molecular formula is C17H15NO5. The van der Waals surface area contributed by atoms with E-state index in [1.807, 2.05) is 0 Å². The smallest absolute Gasteiger partial charge is 0.362 e. The van der Waals surface area contributed by atoms with E-state index in [0.717, 1.165) is 0 Å². The summed E-state index contributed by atoms with van der Waals surface area (Å²) in [5.74, 6) is -1.55. The average molecular weight is 313 g/mol. The molecule has 0 aliphatic heterocycles. The Labute approximate surface area is 133 Å². The van der Waals surface area contributed by atoms with Gasteiger partial charge in [-0.2, -0.15) is 0 Å². The van der Waals surface area contributed by atoms with Gasteiger partial charge in [-0.15, -0.1) is 0 Å². The van der Waals surface area contributed by atoms with Crippen molar-refractivity contribution in [3.05, 3.63) is 66.0 Å². The van der Waals surface area contributed by atoms with Crippen LogP contribution in [0.4, 0.5) is 0 Å². The van der Waals surface area contributed by atoms with Gasteiger partial charge in [0.2, 0.25) is 0 Å². The molecule has 0 atom stereocenters. The highest BCUT2D eigenvalue weighted by Gasteiger charge is 2.21. The molecule has 0 bridgehead atoms. The summed E-state index contributed by atoms with van der Waals surface area (Å²) in [5.41, 5.74) is 0.0408. The summed E-state index contributed by atoms with van der Waals surface area (Å²) in [7, 11) is 1.45. The number of rotatable bonds is 6. The minimum atomic E-state index is -1.18. The van der Waals surface area contributed by atoms with E-state index in [-0.39, 0.29) is 23.4 Å². The van der Waals surface area contributed by atoms with E-state index in [1.165, 1.54) is 25.4 Å². The zero-order chi connectivity index (χ0) is 16.7. The molecule has 0 amide bonds.